The number of aromatic nitrogens is 3. The van der Waals surface area contributed by atoms with Gasteiger partial charge in [0.25, 0.3) is 0 Å². The summed E-state index contributed by atoms with van der Waals surface area (Å²) in [7, 11) is 1.29. The highest BCUT2D eigenvalue weighted by molar-refractivity contribution is 5.88. The van der Waals surface area contributed by atoms with Crippen LogP contribution in [0.1, 0.15) is 69.7 Å². The molecule has 1 rings (SSSR count). The maximum Gasteiger partial charge on any atom is 0.360 e. The van der Waals surface area contributed by atoms with E-state index < -0.39 is 12.0 Å². The minimum Gasteiger partial charge on any atom is -0.464 e. The lowest BCUT2D eigenvalue weighted by molar-refractivity contribution is -0.125. The van der Waals surface area contributed by atoms with Crippen LogP contribution in [0.2, 0.25) is 0 Å². The molecule has 1 heterocycles. The summed E-state index contributed by atoms with van der Waals surface area (Å²) in [6.45, 7) is 11.3. The standard InChI is InChI=1S/C14H24N4O3/c1-8(2)11-10(13(20)21-7)16-17-18(11)9(3)12(19)15-14(4,5)6/h8-9H,1-7H3,(H,15,19). The van der Waals surface area contributed by atoms with Crippen molar-refractivity contribution in [1.29, 1.82) is 0 Å². The molecule has 0 aliphatic heterocycles. The summed E-state index contributed by atoms with van der Waals surface area (Å²) in [5.74, 6) is -0.738. The lowest BCUT2D eigenvalue weighted by atomic mass is 10.1. The van der Waals surface area contributed by atoms with Gasteiger partial charge in [0.05, 0.1) is 12.8 Å². The van der Waals surface area contributed by atoms with Crippen LogP contribution in [-0.4, -0.2) is 39.5 Å². The van der Waals surface area contributed by atoms with Crippen LogP contribution < -0.4 is 5.32 Å². The molecular weight excluding hydrogens is 272 g/mol. The van der Waals surface area contributed by atoms with Gasteiger partial charge in [-0.2, -0.15) is 0 Å². The SMILES string of the molecule is COC(=O)c1nnn(C(C)C(=O)NC(C)(C)C)c1C(C)C. The molecule has 0 saturated carbocycles. The molecule has 0 bridgehead atoms. The van der Waals surface area contributed by atoms with Gasteiger partial charge < -0.3 is 10.1 Å². The third kappa shape index (κ3) is 4.03. The van der Waals surface area contributed by atoms with Crippen molar-refractivity contribution in [3.8, 4) is 0 Å². The molecule has 0 aromatic carbocycles. The molecule has 7 heteroatoms. The molecule has 118 valence electrons. The molecule has 1 aromatic heterocycles. The quantitative estimate of drug-likeness (QED) is 0.854. The lowest BCUT2D eigenvalue weighted by Gasteiger charge is -2.24. The second-order valence-electron chi connectivity index (χ2n) is 6.33. The smallest absolute Gasteiger partial charge is 0.360 e. The summed E-state index contributed by atoms with van der Waals surface area (Å²) in [4.78, 5) is 24.0. The summed E-state index contributed by atoms with van der Waals surface area (Å²) in [6, 6.07) is -0.562. The molecule has 7 nitrogen and oxygen atoms in total. The summed E-state index contributed by atoms with van der Waals surface area (Å²) < 4.78 is 6.19. The van der Waals surface area contributed by atoms with Gasteiger partial charge in [-0.25, -0.2) is 9.48 Å². The van der Waals surface area contributed by atoms with Gasteiger partial charge in [0, 0.05) is 5.54 Å². The van der Waals surface area contributed by atoms with Crippen LogP contribution >= 0.6 is 0 Å². The number of esters is 1. The Hall–Kier alpha value is -1.92. The van der Waals surface area contributed by atoms with Crippen molar-refractivity contribution >= 4 is 11.9 Å². The predicted octanol–water partition coefficient (Wildman–Crippen LogP) is 1.66. The van der Waals surface area contributed by atoms with Crippen molar-refractivity contribution < 1.29 is 14.3 Å². The Balaban J connectivity index is 3.16. The third-order valence-electron chi connectivity index (χ3n) is 2.90. The van der Waals surface area contributed by atoms with E-state index >= 15 is 0 Å². The van der Waals surface area contributed by atoms with E-state index in [1.165, 1.54) is 11.8 Å². The molecule has 1 unspecified atom stereocenters. The fourth-order valence-electron chi connectivity index (χ4n) is 1.95. The second-order valence-corrected chi connectivity index (χ2v) is 6.33. The van der Waals surface area contributed by atoms with Crippen molar-refractivity contribution in [2.75, 3.05) is 7.11 Å². The number of rotatable bonds is 4. The Kier molecular flexibility index (Phi) is 5.09. The predicted molar refractivity (Wildman–Crippen MR) is 78.1 cm³/mol. The van der Waals surface area contributed by atoms with Crippen LogP contribution in [0.15, 0.2) is 0 Å². The number of hydrogen-bond donors (Lipinski definition) is 1. The summed E-state index contributed by atoms with van der Waals surface area (Å²) in [6.07, 6.45) is 0. The first-order chi connectivity index (χ1) is 9.58. The monoisotopic (exact) mass is 296 g/mol. The van der Waals surface area contributed by atoms with Gasteiger partial charge in [0.15, 0.2) is 5.69 Å². The van der Waals surface area contributed by atoms with Crippen molar-refractivity contribution in [1.82, 2.24) is 20.3 Å². The Labute approximate surface area is 125 Å². The number of nitrogens with one attached hydrogen (secondary N) is 1. The second kappa shape index (κ2) is 6.24. The number of amides is 1. The molecular formula is C14H24N4O3. The molecule has 1 amide bonds. The fourth-order valence-corrected chi connectivity index (χ4v) is 1.95. The molecule has 0 spiro atoms. The third-order valence-corrected chi connectivity index (χ3v) is 2.90. The molecule has 0 radical (unpaired) electrons. The van der Waals surface area contributed by atoms with Crippen LogP contribution in [0.5, 0.6) is 0 Å². The first-order valence-corrected chi connectivity index (χ1v) is 6.94. The highest BCUT2D eigenvalue weighted by Gasteiger charge is 2.29. The first kappa shape index (κ1) is 17.1. The maximum absolute atomic E-state index is 12.3. The molecule has 0 fully saturated rings. The summed E-state index contributed by atoms with van der Waals surface area (Å²) in [5.41, 5.74) is 0.413. The van der Waals surface area contributed by atoms with E-state index in [4.69, 9.17) is 4.74 Å². The van der Waals surface area contributed by atoms with E-state index in [1.807, 2.05) is 34.6 Å². The van der Waals surface area contributed by atoms with Gasteiger partial charge in [-0.1, -0.05) is 19.1 Å². The lowest BCUT2D eigenvalue weighted by Crippen LogP contribution is -2.44. The molecule has 1 aromatic rings. The van der Waals surface area contributed by atoms with E-state index in [9.17, 15) is 9.59 Å². The number of ether oxygens (including phenoxy) is 1. The minimum absolute atomic E-state index is 0.0148. The largest absolute Gasteiger partial charge is 0.464 e. The van der Waals surface area contributed by atoms with Crippen molar-refractivity contribution in [2.45, 2.75) is 59.0 Å². The van der Waals surface area contributed by atoms with E-state index in [0.29, 0.717) is 5.69 Å². The molecule has 21 heavy (non-hydrogen) atoms. The average molecular weight is 296 g/mol. The van der Waals surface area contributed by atoms with E-state index in [1.54, 1.807) is 6.92 Å². The molecule has 0 aliphatic rings. The van der Waals surface area contributed by atoms with Crippen LogP contribution in [0.25, 0.3) is 0 Å². The zero-order valence-electron chi connectivity index (χ0n) is 13.7. The van der Waals surface area contributed by atoms with Crippen LogP contribution in [0, 0.1) is 0 Å². The molecule has 0 aliphatic carbocycles. The topological polar surface area (TPSA) is 86.1 Å². The highest BCUT2D eigenvalue weighted by atomic mass is 16.5. The summed E-state index contributed by atoms with van der Waals surface area (Å²) >= 11 is 0. The number of nitrogens with zero attached hydrogens (tertiary/aromatic N) is 3. The normalized spacial score (nSPS) is 13.1. The van der Waals surface area contributed by atoms with Crippen LogP contribution in [0.4, 0.5) is 0 Å². The Morgan fingerprint density at radius 2 is 1.81 bits per heavy atom. The van der Waals surface area contributed by atoms with Gasteiger partial charge in [-0.05, 0) is 33.6 Å². The zero-order valence-corrected chi connectivity index (χ0v) is 13.7. The maximum atomic E-state index is 12.3. The fraction of sp³-hybridized carbons (Fsp3) is 0.714. The molecule has 0 saturated heterocycles. The van der Waals surface area contributed by atoms with Gasteiger partial charge >= 0.3 is 5.97 Å². The van der Waals surface area contributed by atoms with Gasteiger partial charge in [0.1, 0.15) is 6.04 Å². The van der Waals surface area contributed by atoms with E-state index in [0.717, 1.165) is 0 Å². The molecule has 1 N–H and O–H groups in total. The Morgan fingerprint density at radius 3 is 2.24 bits per heavy atom. The van der Waals surface area contributed by atoms with Gasteiger partial charge in [-0.15, -0.1) is 5.10 Å². The number of carbonyl (C=O) groups excluding carboxylic acids is 2. The van der Waals surface area contributed by atoms with Crippen LogP contribution in [-0.2, 0) is 9.53 Å². The van der Waals surface area contributed by atoms with Crippen molar-refractivity contribution in [3.63, 3.8) is 0 Å². The van der Waals surface area contributed by atoms with E-state index in [2.05, 4.69) is 15.6 Å². The van der Waals surface area contributed by atoms with E-state index in [-0.39, 0.29) is 23.1 Å². The van der Waals surface area contributed by atoms with Crippen LogP contribution in [0.3, 0.4) is 0 Å². The van der Waals surface area contributed by atoms with Gasteiger partial charge in [0.2, 0.25) is 5.91 Å². The average Bonchev–Trinajstić information content (AvgIpc) is 2.79. The highest BCUT2D eigenvalue weighted by Crippen LogP contribution is 2.22. The number of hydrogen-bond acceptors (Lipinski definition) is 5. The molecule has 1 atom stereocenters. The zero-order chi connectivity index (χ0) is 16.4. The Bertz CT molecular complexity index is 529. The summed E-state index contributed by atoms with van der Waals surface area (Å²) in [5, 5.41) is 10.7. The van der Waals surface area contributed by atoms with Gasteiger partial charge in [-0.3, -0.25) is 4.79 Å². The Morgan fingerprint density at radius 1 is 1.24 bits per heavy atom. The minimum atomic E-state index is -0.562. The number of carbonyl (C=O) groups is 2. The van der Waals surface area contributed by atoms with Crippen molar-refractivity contribution in [2.24, 2.45) is 0 Å². The first-order valence-electron chi connectivity index (χ1n) is 6.94. The number of methoxy groups -OCH3 is 1. The van der Waals surface area contributed by atoms with Crippen molar-refractivity contribution in [3.05, 3.63) is 11.4 Å².